The smallest absolute Gasteiger partial charge is 0.339 e. The number of pyridine rings is 1. The molecule has 32 heavy (non-hydrogen) atoms. The van der Waals surface area contributed by atoms with Crippen molar-refractivity contribution in [2.45, 2.75) is 26.9 Å². The molecule has 4 aromatic rings. The number of nitrogens with zero attached hydrogens (tertiary/aromatic N) is 3. The van der Waals surface area contributed by atoms with Crippen LogP contribution in [0.15, 0.2) is 67.0 Å². The van der Waals surface area contributed by atoms with Gasteiger partial charge in [0.2, 0.25) is 0 Å². The molecule has 2 heterocycles. The van der Waals surface area contributed by atoms with E-state index in [0.29, 0.717) is 17.8 Å². The Bertz CT molecular complexity index is 1260. The Morgan fingerprint density at radius 1 is 1.00 bits per heavy atom. The average molecular weight is 428 g/mol. The molecule has 1 N–H and O–H groups in total. The van der Waals surface area contributed by atoms with Crippen LogP contribution < -0.4 is 5.32 Å². The first-order valence-electron chi connectivity index (χ1n) is 10.5. The Kier molecular flexibility index (Phi) is 6.26. The summed E-state index contributed by atoms with van der Waals surface area (Å²) < 4.78 is 7.10. The molecular formula is C25H24N4O3. The monoisotopic (exact) mass is 428 g/mol. The van der Waals surface area contributed by atoms with Gasteiger partial charge in [-0.1, -0.05) is 36.4 Å². The van der Waals surface area contributed by atoms with Crippen molar-refractivity contribution in [3.8, 4) is 0 Å². The summed E-state index contributed by atoms with van der Waals surface area (Å²) in [6, 6.07) is 19.2. The molecule has 162 valence electrons. The fraction of sp³-hybridized carbons (Fsp3) is 0.200. The summed E-state index contributed by atoms with van der Waals surface area (Å²) >= 11 is 0. The van der Waals surface area contributed by atoms with Gasteiger partial charge in [-0.15, -0.1) is 0 Å². The van der Waals surface area contributed by atoms with E-state index in [1.165, 1.54) is 6.07 Å². The largest absolute Gasteiger partial charge is 0.462 e. The summed E-state index contributed by atoms with van der Waals surface area (Å²) in [6.45, 7) is 4.83. The van der Waals surface area contributed by atoms with Crippen LogP contribution in [0.2, 0.25) is 0 Å². The number of benzene rings is 2. The summed E-state index contributed by atoms with van der Waals surface area (Å²) in [7, 11) is 0. The molecule has 7 heteroatoms. The van der Waals surface area contributed by atoms with Gasteiger partial charge in [-0.25, -0.2) is 14.8 Å². The number of rotatable bonds is 7. The summed E-state index contributed by atoms with van der Waals surface area (Å²) in [5.41, 5.74) is 5.30. The van der Waals surface area contributed by atoms with E-state index in [1.807, 2.05) is 48.8 Å². The first-order chi connectivity index (χ1) is 15.5. The third-order valence-corrected chi connectivity index (χ3v) is 5.17. The molecule has 2 aromatic carbocycles. The van der Waals surface area contributed by atoms with Crippen LogP contribution >= 0.6 is 0 Å². The molecule has 4 rings (SSSR count). The second kappa shape index (κ2) is 9.43. The summed E-state index contributed by atoms with van der Waals surface area (Å²) in [5.74, 6) is -0.731. The lowest BCUT2D eigenvalue weighted by Crippen LogP contribution is -2.24. The number of amides is 1. The fourth-order valence-electron chi connectivity index (χ4n) is 3.48. The van der Waals surface area contributed by atoms with Crippen LogP contribution in [-0.2, 0) is 17.8 Å². The molecule has 0 bridgehead atoms. The standard InChI is InChI=1S/C25H24N4O3/c1-3-32-25(31)20-12-13-22(28-17(20)2)24(30)26-14-18-8-10-19(11-9-18)15-29-16-27-21-6-4-5-7-23(21)29/h4-13,16H,3,14-15H2,1-2H3,(H,26,30). The number of aryl methyl sites for hydroxylation is 1. The Morgan fingerprint density at radius 3 is 2.50 bits per heavy atom. The number of nitrogens with one attached hydrogen (secondary N) is 1. The van der Waals surface area contributed by atoms with E-state index in [2.05, 4.69) is 25.9 Å². The number of ether oxygens (including phenoxy) is 1. The highest BCUT2D eigenvalue weighted by atomic mass is 16.5. The molecule has 0 aliphatic heterocycles. The Hall–Kier alpha value is -4.00. The number of fused-ring (bicyclic) bond motifs is 1. The molecule has 0 saturated heterocycles. The maximum Gasteiger partial charge on any atom is 0.339 e. The normalized spacial score (nSPS) is 10.8. The molecule has 0 radical (unpaired) electrons. The van der Waals surface area contributed by atoms with Gasteiger partial charge in [-0.3, -0.25) is 4.79 Å². The van der Waals surface area contributed by atoms with Crippen LogP contribution in [0.3, 0.4) is 0 Å². The number of aromatic nitrogens is 3. The van der Waals surface area contributed by atoms with Crippen molar-refractivity contribution in [2.75, 3.05) is 6.61 Å². The maximum atomic E-state index is 12.5. The number of hydrogen-bond donors (Lipinski definition) is 1. The van der Waals surface area contributed by atoms with E-state index < -0.39 is 5.97 Å². The second-order valence-corrected chi connectivity index (χ2v) is 7.41. The molecule has 1 amide bonds. The molecule has 2 aromatic heterocycles. The van der Waals surface area contributed by atoms with Crippen molar-refractivity contribution in [2.24, 2.45) is 0 Å². The number of carbonyl (C=O) groups is 2. The minimum atomic E-state index is -0.437. The molecule has 0 spiro atoms. The van der Waals surface area contributed by atoms with Crippen molar-refractivity contribution in [1.82, 2.24) is 19.9 Å². The van der Waals surface area contributed by atoms with E-state index in [0.717, 1.165) is 28.7 Å². The van der Waals surface area contributed by atoms with Crippen LogP contribution in [0.25, 0.3) is 11.0 Å². The second-order valence-electron chi connectivity index (χ2n) is 7.41. The lowest BCUT2D eigenvalue weighted by molar-refractivity contribution is 0.0524. The van der Waals surface area contributed by atoms with Gasteiger partial charge in [0.05, 0.1) is 35.2 Å². The average Bonchev–Trinajstić information content (AvgIpc) is 3.21. The fourth-order valence-corrected chi connectivity index (χ4v) is 3.48. The van der Waals surface area contributed by atoms with Crippen LogP contribution in [0.1, 0.15) is 44.6 Å². The highest BCUT2D eigenvalue weighted by Gasteiger charge is 2.14. The van der Waals surface area contributed by atoms with Crippen molar-refractivity contribution >= 4 is 22.9 Å². The molecule has 0 fully saturated rings. The topological polar surface area (TPSA) is 86.1 Å². The zero-order valence-corrected chi connectivity index (χ0v) is 18.0. The van der Waals surface area contributed by atoms with Gasteiger partial charge < -0.3 is 14.6 Å². The number of carbonyl (C=O) groups excluding carboxylic acids is 2. The molecule has 0 aliphatic carbocycles. The van der Waals surface area contributed by atoms with E-state index in [1.54, 1.807) is 19.9 Å². The predicted octanol–water partition coefficient (Wildman–Crippen LogP) is 3.89. The Balaban J connectivity index is 1.36. The van der Waals surface area contributed by atoms with Crippen molar-refractivity contribution in [3.63, 3.8) is 0 Å². The van der Waals surface area contributed by atoms with E-state index in [-0.39, 0.29) is 18.2 Å². The zero-order chi connectivity index (χ0) is 22.5. The van der Waals surface area contributed by atoms with Gasteiger partial charge >= 0.3 is 5.97 Å². The molecule has 0 atom stereocenters. The van der Waals surface area contributed by atoms with Gasteiger partial charge in [0.25, 0.3) is 5.91 Å². The minimum Gasteiger partial charge on any atom is -0.462 e. The van der Waals surface area contributed by atoms with Crippen LogP contribution in [0.5, 0.6) is 0 Å². The first-order valence-corrected chi connectivity index (χ1v) is 10.5. The van der Waals surface area contributed by atoms with Crippen molar-refractivity contribution in [3.05, 3.63) is 95.1 Å². The number of hydrogen-bond acceptors (Lipinski definition) is 5. The summed E-state index contributed by atoms with van der Waals surface area (Å²) in [4.78, 5) is 33.0. The molecule has 0 unspecified atom stereocenters. The molecule has 0 aliphatic rings. The third kappa shape index (κ3) is 4.67. The quantitative estimate of drug-likeness (QED) is 0.451. The van der Waals surface area contributed by atoms with E-state index in [9.17, 15) is 9.59 Å². The van der Waals surface area contributed by atoms with Gasteiger partial charge in [0, 0.05) is 13.1 Å². The third-order valence-electron chi connectivity index (χ3n) is 5.17. The maximum absolute atomic E-state index is 12.5. The number of para-hydroxylation sites is 2. The summed E-state index contributed by atoms with van der Waals surface area (Å²) in [6.07, 6.45) is 1.85. The molecular weight excluding hydrogens is 404 g/mol. The van der Waals surface area contributed by atoms with Crippen LogP contribution in [0, 0.1) is 6.92 Å². The van der Waals surface area contributed by atoms with Crippen LogP contribution in [-0.4, -0.2) is 33.0 Å². The Labute approximate surface area is 186 Å². The van der Waals surface area contributed by atoms with Gasteiger partial charge in [0.15, 0.2) is 0 Å². The van der Waals surface area contributed by atoms with Gasteiger partial charge in [-0.05, 0) is 49.2 Å². The summed E-state index contributed by atoms with van der Waals surface area (Å²) in [5, 5.41) is 2.87. The highest BCUT2D eigenvalue weighted by molar-refractivity contribution is 5.95. The van der Waals surface area contributed by atoms with Crippen LogP contribution in [0.4, 0.5) is 0 Å². The molecule has 0 saturated carbocycles. The lowest BCUT2D eigenvalue weighted by atomic mass is 10.1. The Morgan fingerprint density at radius 2 is 1.75 bits per heavy atom. The van der Waals surface area contributed by atoms with E-state index in [4.69, 9.17) is 4.74 Å². The predicted molar refractivity (Wildman–Crippen MR) is 121 cm³/mol. The zero-order valence-electron chi connectivity index (χ0n) is 18.0. The van der Waals surface area contributed by atoms with Gasteiger partial charge in [-0.2, -0.15) is 0 Å². The van der Waals surface area contributed by atoms with Crippen molar-refractivity contribution in [1.29, 1.82) is 0 Å². The molecule has 7 nitrogen and oxygen atoms in total. The number of esters is 1. The minimum absolute atomic E-state index is 0.263. The van der Waals surface area contributed by atoms with Crippen molar-refractivity contribution < 1.29 is 14.3 Å². The van der Waals surface area contributed by atoms with E-state index >= 15 is 0 Å². The first kappa shape index (κ1) is 21.2. The highest BCUT2D eigenvalue weighted by Crippen LogP contribution is 2.15. The SMILES string of the molecule is CCOC(=O)c1ccc(C(=O)NCc2ccc(Cn3cnc4ccccc43)cc2)nc1C. The van der Waals surface area contributed by atoms with Gasteiger partial charge in [0.1, 0.15) is 5.69 Å². The lowest BCUT2D eigenvalue weighted by Gasteiger charge is -2.09. The number of imidazole rings is 1.